The van der Waals surface area contributed by atoms with Crippen molar-refractivity contribution in [2.45, 2.75) is 6.92 Å². The molecular formula is C13H9Cl2NO2. The lowest BCUT2D eigenvalue weighted by atomic mass is 10.1. The molecule has 0 aliphatic rings. The third kappa shape index (κ3) is 2.33. The van der Waals surface area contributed by atoms with Crippen LogP contribution in [0.15, 0.2) is 30.5 Å². The fourth-order valence-electron chi connectivity index (χ4n) is 1.60. The van der Waals surface area contributed by atoms with E-state index in [-0.39, 0.29) is 5.56 Å². The van der Waals surface area contributed by atoms with E-state index in [1.807, 2.05) is 0 Å². The zero-order valence-electron chi connectivity index (χ0n) is 9.45. The van der Waals surface area contributed by atoms with E-state index < -0.39 is 5.97 Å². The Bertz CT molecular complexity index is 626. The lowest BCUT2D eigenvalue weighted by molar-refractivity contribution is 0.0696. The van der Waals surface area contributed by atoms with E-state index in [0.29, 0.717) is 26.9 Å². The number of nitrogens with zero attached hydrogens (tertiary/aromatic N) is 1. The maximum atomic E-state index is 11.1. The SMILES string of the molecule is Cc1cnc(-c2cccc(Cl)c2Cl)cc1C(=O)O. The Morgan fingerprint density at radius 1 is 1.33 bits per heavy atom. The van der Waals surface area contributed by atoms with Crippen molar-refractivity contribution in [3.63, 3.8) is 0 Å². The number of carboxylic acid groups (broad SMARTS) is 1. The number of rotatable bonds is 2. The minimum Gasteiger partial charge on any atom is -0.478 e. The fraction of sp³-hybridized carbons (Fsp3) is 0.0769. The van der Waals surface area contributed by atoms with Crippen LogP contribution in [0.4, 0.5) is 0 Å². The van der Waals surface area contributed by atoms with Gasteiger partial charge in [-0.05, 0) is 24.6 Å². The molecule has 3 nitrogen and oxygen atoms in total. The van der Waals surface area contributed by atoms with Crippen LogP contribution < -0.4 is 0 Å². The number of carbonyl (C=O) groups is 1. The number of halogens is 2. The molecule has 2 rings (SSSR count). The molecule has 1 heterocycles. The van der Waals surface area contributed by atoms with E-state index in [4.69, 9.17) is 28.3 Å². The molecule has 2 aromatic rings. The number of benzene rings is 1. The molecule has 1 aromatic carbocycles. The van der Waals surface area contributed by atoms with Crippen molar-refractivity contribution in [2.24, 2.45) is 0 Å². The van der Waals surface area contributed by atoms with Gasteiger partial charge in [-0.1, -0.05) is 35.3 Å². The zero-order valence-corrected chi connectivity index (χ0v) is 11.0. The largest absolute Gasteiger partial charge is 0.478 e. The maximum Gasteiger partial charge on any atom is 0.336 e. The highest BCUT2D eigenvalue weighted by Crippen LogP contribution is 2.32. The van der Waals surface area contributed by atoms with Gasteiger partial charge in [-0.3, -0.25) is 4.98 Å². The Morgan fingerprint density at radius 2 is 2.06 bits per heavy atom. The van der Waals surface area contributed by atoms with Crippen LogP contribution in [0.25, 0.3) is 11.3 Å². The third-order valence-corrected chi connectivity index (χ3v) is 3.38. The van der Waals surface area contributed by atoms with Crippen molar-refractivity contribution in [3.8, 4) is 11.3 Å². The topological polar surface area (TPSA) is 50.2 Å². The van der Waals surface area contributed by atoms with Crippen molar-refractivity contribution in [1.82, 2.24) is 4.98 Å². The monoisotopic (exact) mass is 281 g/mol. The van der Waals surface area contributed by atoms with Crippen molar-refractivity contribution in [3.05, 3.63) is 51.6 Å². The first-order valence-electron chi connectivity index (χ1n) is 5.15. The second kappa shape index (κ2) is 4.96. The smallest absolute Gasteiger partial charge is 0.336 e. The van der Waals surface area contributed by atoms with Crippen LogP contribution >= 0.6 is 23.2 Å². The van der Waals surface area contributed by atoms with Gasteiger partial charge in [-0.25, -0.2) is 4.79 Å². The molecule has 0 radical (unpaired) electrons. The van der Waals surface area contributed by atoms with Gasteiger partial charge in [-0.15, -0.1) is 0 Å². The number of pyridine rings is 1. The Morgan fingerprint density at radius 3 is 2.72 bits per heavy atom. The highest BCUT2D eigenvalue weighted by atomic mass is 35.5. The molecule has 1 N–H and O–H groups in total. The van der Waals surface area contributed by atoms with Crippen LogP contribution in [0.2, 0.25) is 10.0 Å². The molecule has 0 saturated heterocycles. The first kappa shape index (κ1) is 12.9. The standard InChI is InChI=1S/C13H9Cl2NO2/c1-7-6-16-11(5-9(7)13(17)18)8-3-2-4-10(14)12(8)15/h2-6H,1H3,(H,17,18). The summed E-state index contributed by atoms with van der Waals surface area (Å²) in [5.74, 6) is -0.991. The van der Waals surface area contributed by atoms with E-state index >= 15 is 0 Å². The van der Waals surface area contributed by atoms with E-state index in [1.54, 1.807) is 25.1 Å². The van der Waals surface area contributed by atoms with Gasteiger partial charge >= 0.3 is 5.97 Å². The summed E-state index contributed by atoms with van der Waals surface area (Å²) < 4.78 is 0. The van der Waals surface area contributed by atoms with Gasteiger partial charge in [0, 0.05) is 11.8 Å². The quantitative estimate of drug-likeness (QED) is 0.903. The van der Waals surface area contributed by atoms with Crippen LogP contribution in [-0.4, -0.2) is 16.1 Å². The van der Waals surface area contributed by atoms with Gasteiger partial charge < -0.3 is 5.11 Å². The van der Waals surface area contributed by atoms with Crippen LogP contribution in [0.3, 0.4) is 0 Å². The predicted molar refractivity (Wildman–Crippen MR) is 71.4 cm³/mol. The number of aromatic nitrogens is 1. The highest BCUT2D eigenvalue weighted by molar-refractivity contribution is 6.43. The Kier molecular flexibility index (Phi) is 3.55. The van der Waals surface area contributed by atoms with Crippen molar-refractivity contribution in [2.75, 3.05) is 0 Å². The van der Waals surface area contributed by atoms with E-state index in [9.17, 15) is 4.79 Å². The van der Waals surface area contributed by atoms with Crippen molar-refractivity contribution in [1.29, 1.82) is 0 Å². The van der Waals surface area contributed by atoms with E-state index in [2.05, 4.69) is 4.98 Å². The van der Waals surface area contributed by atoms with Gasteiger partial charge in [0.2, 0.25) is 0 Å². The van der Waals surface area contributed by atoms with Gasteiger partial charge in [0.15, 0.2) is 0 Å². The molecule has 1 aromatic heterocycles. The average molecular weight is 282 g/mol. The summed E-state index contributed by atoms with van der Waals surface area (Å²) in [4.78, 5) is 15.3. The predicted octanol–water partition coefficient (Wildman–Crippen LogP) is 4.06. The molecule has 0 aliphatic carbocycles. The van der Waals surface area contributed by atoms with E-state index in [1.165, 1.54) is 12.3 Å². The molecule has 92 valence electrons. The summed E-state index contributed by atoms with van der Waals surface area (Å²) in [5, 5.41) is 9.85. The Labute approximate surface area is 114 Å². The normalized spacial score (nSPS) is 10.4. The Hall–Kier alpha value is -1.58. The molecule has 0 bridgehead atoms. The van der Waals surface area contributed by atoms with E-state index in [0.717, 1.165) is 0 Å². The summed E-state index contributed by atoms with van der Waals surface area (Å²) in [6.45, 7) is 1.69. The second-order valence-electron chi connectivity index (χ2n) is 3.79. The van der Waals surface area contributed by atoms with Crippen LogP contribution in [0, 0.1) is 6.92 Å². The lowest BCUT2D eigenvalue weighted by Gasteiger charge is -2.07. The molecule has 5 heteroatoms. The van der Waals surface area contributed by atoms with Gasteiger partial charge in [-0.2, -0.15) is 0 Å². The minimum absolute atomic E-state index is 0.205. The Balaban J connectivity index is 2.62. The number of hydrogen-bond acceptors (Lipinski definition) is 2. The molecule has 0 unspecified atom stereocenters. The van der Waals surface area contributed by atoms with Crippen molar-refractivity contribution >= 4 is 29.2 Å². The lowest BCUT2D eigenvalue weighted by Crippen LogP contribution is -2.01. The molecule has 18 heavy (non-hydrogen) atoms. The summed E-state index contributed by atoms with van der Waals surface area (Å²) in [7, 11) is 0. The van der Waals surface area contributed by atoms with Gasteiger partial charge in [0.05, 0.1) is 21.3 Å². The highest BCUT2D eigenvalue weighted by Gasteiger charge is 2.13. The fourth-order valence-corrected chi connectivity index (χ4v) is 2.00. The number of aromatic carboxylic acids is 1. The molecule has 0 amide bonds. The van der Waals surface area contributed by atoms with Crippen LogP contribution in [-0.2, 0) is 0 Å². The van der Waals surface area contributed by atoms with Gasteiger partial charge in [0.25, 0.3) is 0 Å². The minimum atomic E-state index is -0.991. The molecule has 0 fully saturated rings. The van der Waals surface area contributed by atoms with Crippen LogP contribution in [0.1, 0.15) is 15.9 Å². The molecule has 0 spiro atoms. The summed E-state index contributed by atoms with van der Waals surface area (Å²) in [6.07, 6.45) is 1.51. The first-order valence-corrected chi connectivity index (χ1v) is 5.90. The maximum absolute atomic E-state index is 11.1. The number of carboxylic acids is 1. The van der Waals surface area contributed by atoms with Gasteiger partial charge in [0.1, 0.15) is 0 Å². The summed E-state index contributed by atoms with van der Waals surface area (Å²) >= 11 is 12.0. The summed E-state index contributed by atoms with van der Waals surface area (Å²) in [6, 6.07) is 6.65. The molecule has 0 saturated carbocycles. The number of hydrogen-bond donors (Lipinski definition) is 1. The zero-order chi connectivity index (χ0) is 13.3. The van der Waals surface area contributed by atoms with Crippen LogP contribution in [0.5, 0.6) is 0 Å². The molecule has 0 aliphatic heterocycles. The van der Waals surface area contributed by atoms with Crippen molar-refractivity contribution < 1.29 is 9.90 Å². The first-order chi connectivity index (χ1) is 8.50. The molecular weight excluding hydrogens is 273 g/mol. The second-order valence-corrected chi connectivity index (χ2v) is 4.58. The summed E-state index contributed by atoms with van der Waals surface area (Å²) in [5.41, 5.74) is 1.91. The third-order valence-electron chi connectivity index (χ3n) is 2.56. The average Bonchev–Trinajstić information content (AvgIpc) is 2.33. The molecule has 0 atom stereocenters. The number of aryl methyl sites for hydroxylation is 1.